The zero-order chi connectivity index (χ0) is 13.6. The zero-order valence-electron chi connectivity index (χ0n) is 10.0. The van der Waals surface area contributed by atoms with Crippen LogP contribution in [0.1, 0.15) is 25.7 Å². The smallest absolute Gasteiger partial charge is 0.393 e. The summed E-state index contributed by atoms with van der Waals surface area (Å²) in [6.45, 7) is 0.447. The van der Waals surface area contributed by atoms with Gasteiger partial charge in [0.25, 0.3) is 0 Å². The van der Waals surface area contributed by atoms with Crippen LogP contribution in [0.3, 0.4) is 0 Å². The van der Waals surface area contributed by atoms with E-state index < -0.39 is 11.9 Å². The first-order valence-corrected chi connectivity index (χ1v) is 7.11. The molecule has 2 atom stereocenters. The van der Waals surface area contributed by atoms with E-state index in [1.54, 1.807) is 0 Å². The predicted molar refractivity (Wildman–Crippen MR) is 64.4 cm³/mol. The van der Waals surface area contributed by atoms with Gasteiger partial charge in [-0.15, -0.1) is 11.8 Å². The summed E-state index contributed by atoms with van der Waals surface area (Å²) in [5, 5.41) is 12.1. The number of hydrogen-bond donors (Lipinski definition) is 2. The third kappa shape index (κ3) is 7.10. The highest BCUT2D eigenvalue weighted by atomic mass is 32.2. The molecule has 0 saturated heterocycles. The van der Waals surface area contributed by atoms with Crippen LogP contribution in [0.4, 0.5) is 13.2 Å². The van der Waals surface area contributed by atoms with Gasteiger partial charge in [0.15, 0.2) is 0 Å². The Morgan fingerprint density at radius 2 is 2.11 bits per heavy atom. The lowest BCUT2D eigenvalue weighted by molar-refractivity contribution is -0.118. The minimum Gasteiger partial charge on any atom is -0.393 e. The van der Waals surface area contributed by atoms with E-state index in [0.717, 1.165) is 19.3 Å². The summed E-state index contributed by atoms with van der Waals surface area (Å²) in [5.41, 5.74) is 0. The van der Waals surface area contributed by atoms with Crippen molar-refractivity contribution < 1.29 is 23.1 Å². The van der Waals surface area contributed by atoms with Crippen LogP contribution in [0.15, 0.2) is 0 Å². The minimum absolute atomic E-state index is 0.172. The lowest BCUT2D eigenvalue weighted by atomic mass is 9.87. The van der Waals surface area contributed by atoms with E-state index in [4.69, 9.17) is 0 Å². The average Bonchev–Trinajstić information content (AvgIpc) is 2.25. The van der Waals surface area contributed by atoms with Gasteiger partial charge in [0, 0.05) is 6.54 Å². The Labute approximate surface area is 109 Å². The van der Waals surface area contributed by atoms with Gasteiger partial charge in [0.2, 0.25) is 5.91 Å². The summed E-state index contributed by atoms with van der Waals surface area (Å²) in [5.74, 6) is -1.30. The predicted octanol–water partition coefficient (Wildman–Crippen LogP) is 1.95. The van der Waals surface area contributed by atoms with Crippen LogP contribution >= 0.6 is 11.8 Å². The number of aliphatic hydroxyl groups excluding tert-OH is 1. The molecule has 1 amide bonds. The maximum atomic E-state index is 11.8. The summed E-state index contributed by atoms with van der Waals surface area (Å²) >= 11 is 0.569. The maximum Gasteiger partial charge on any atom is 0.397 e. The third-order valence-corrected chi connectivity index (χ3v) is 3.84. The molecule has 18 heavy (non-hydrogen) atoms. The van der Waals surface area contributed by atoms with Crippen molar-refractivity contribution in [2.45, 2.75) is 38.0 Å². The van der Waals surface area contributed by atoms with Gasteiger partial charge in [-0.2, -0.15) is 13.2 Å². The third-order valence-electron chi connectivity index (χ3n) is 2.84. The van der Waals surface area contributed by atoms with Crippen LogP contribution in [-0.4, -0.2) is 41.3 Å². The van der Waals surface area contributed by atoms with Gasteiger partial charge < -0.3 is 10.4 Å². The number of hydrogen-bond acceptors (Lipinski definition) is 3. The molecule has 0 radical (unpaired) electrons. The van der Waals surface area contributed by atoms with Crippen molar-refractivity contribution in [2.24, 2.45) is 5.92 Å². The summed E-state index contributed by atoms with van der Waals surface area (Å²) in [6, 6.07) is 0. The maximum absolute atomic E-state index is 11.8. The number of alkyl halides is 3. The van der Waals surface area contributed by atoms with Crippen LogP contribution in [0.25, 0.3) is 0 Å². The van der Waals surface area contributed by atoms with E-state index in [1.165, 1.54) is 0 Å². The highest BCUT2D eigenvalue weighted by Crippen LogP contribution is 2.23. The molecule has 1 saturated carbocycles. The van der Waals surface area contributed by atoms with Crippen LogP contribution < -0.4 is 5.32 Å². The standard InChI is InChI=1S/C11H18F3NO2S/c12-11(13,14)7-18-6-10(17)15-5-8-2-1-3-9(16)4-8/h8-9,16H,1-7H2,(H,15,17). The molecule has 0 spiro atoms. The second kappa shape index (κ2) is 7.23. The number of thioether (sulfide) groups is 1. The SMILES string of the molecule is O=C(CSCC(F)(F)F)NCC1CCCC(O)C1. The van der Waals surface area contributed by atoms with E-state index in [2.05, 4.69) is 5.32 Å². The molecule has 0 bridgehead atoms. The van der Waals surface area contributed by atoms with Crippen LogP contribution in [0.2, 0.25) is 0 Å². The Morgan fingerprint density at radius 1 is 1.39 bits per heavy atom. The summed E-state index contributed by atoms with van der Waals surface area (Å²) in [7, 11) is 0. The van der Waals surface area contributed by atoms with E-state index in [9.17, 15) is 23.1 Å². The van der Waals surface area contributed by atoms with E-state index in [0.29, 0.717) is 24.7 Å². The number of carbonyl (C=O) groups is 1. The fourth-order valence-electron chi connectivity index (χ4n) is 2.02. The highest BCUT2D eigenvalue weighted by molar-refractivity contribution is 8.00. The van der Waals surface area contributed by atoms with Crippen LogP contribution in [-0.2, 0) is 4.79 Å². The number of carbonyl (C=O) groups excluding carboxylic acids is 1. The monoisotopic (exact) mass is 285 g/mol. The Balaban J connectivity index is 2.09. The first-order valence-electron chi connectivity index (χ1n) is 5.96. The Kier molecular flexibility index (Phi) is 6.28. The Morgan fingerprint density at radius 3 is 2.72 bits per heavy atom. The normalized spacial score (nSPS) is 24.9. The van der Waals surface area contributed by atoms with Gasteiger partial charge >= 0.3 is 6.18 Å². The minimum atomic E-state index is -4.22. The van der Waals surface area contributed by atoms with Crippen molar-refractivity contribution in [3.63, 3.8) is 0 Å². The largest absolute Gasteiger partial charge is 0.397 e. The number of aliphatic hydroxyl groups is 1. The molecule has 3 nitrogen and oxygen atoms in total. The Hall–Kier alpha value is -0.430. The second-order valence-corrected chi connectivity index (χ2v) is 5.58. The fourth-order valence-corrected chi connectivity index (χ4v) is 2.64. The van der Waals surface area contributed by atoms with Gasteiger partial charge in [-0.25, -0.2) is 0 Å². The van der Waals surface area contributed by atoms with Gasteiger partial charge in [-0.05, 0) is 25.2 Å². The summed E-state index contributed by atoms with van der Waals surface area (Å²) < 4.78 is 35.5. The Bertz CT molecular complexity index is 274. The molecule has 1 fully saturated rings. The summed E-state index contributed by atoms with van der Waals surface area (Å²) in [4.78, 5) is 11.3. The molecule has 0 aromatic rings. The van der Waals surface area contributed by atoms with Crippen molar-refractivity contribution in [2.75, 3.05) is 18.1 Å². The average molecular weight is 285 g/mol. The van der Waals surface area contributed by atoms with Gasteiger partial charge in [-0.1, -0.05) is 6.42 Å². The number of amides is 1. The first kappa shape index (κ1) is 15.6. The van der Waals surface area contributed by atoms with Crippen molar-refractivity contribution in [1.82, 2.24) is 5.32 Å². The molecule has 0 heterocycles. The quantitative estimate of drug-likeness (QED) is 0.811. The molecule has 0 aromatic heterocycles. The molecule has 2 unspecified atom stereocenters. The second-order valence-electron chi connectivity index (χ2n) is 4.60. The van der Waals surface area contributed by atoms with E-state index in [1.807, 2.05) is 0 Å². The van der Waals surface area contributed by atoms with Gasteiger partial charge in [0.1, 0.15) is 0 Å². The van der Waals surface area contributed by atoms with Crippen molar-refractivity contribution in [1.29, 1.82) is 0 Å². The molecule has 0 aromatic carbocycles. The highest BCUT2D eigenvalue weighted by Gasteiger charge is 2.27. The van der Waals surface area contributed by atoms with Crippen molar-refractivity contribution in [3.8, 4) is 0 Å². The molecular formula is C11H18F3NO2S. The van der Waals surface area contributed by atoms with Crippen LogP contribution in [0, 0.1) is 5.92 Å². The zero-order valence-corrected chi connectivity index (χ0v) is 10.8. The van der Waals surface area contributed by atoms with Gasteiger partial charge in [0.05, 0.1) is 17.6 Å². The van der Waals surface area contributed by atoms with Crippen molar-refractivity contribution in [3.05, 3.63) is 0 Å². The fraction of sp³-hybridized carbons (Fsp3) is 0.909. The first-order chi connectivity index (χ1) is 8.37. The topological polar surface area (TPSA) is 49.3 Å². The number of rotatable bonds is 5. The molecule has 106 valence electrons. The summed E-state index contributed by atoms with van der Waals surface area (Å²) in [6.07, 6.45) is -1.18. The number of halogens is 3. The number of nitrogens with one attached hydrogen (secondary N) is 1. The molecular weight excluding hydrogens is 267 g/mol. The lowest BCUT2D eigenvalue weighted by Crippen LogP contribution is -2.34. The molecule has 2 N–H and O–H groups in total. The molecule has 0 aliphatic heterocycles. The molecule has 1 rings (SSSR count). The van der Waals surface area contributed by atoms with Crippen LogP contribution in [0.5, 0.6) is 0 Å². The van der Waals surface area contributed by atoms with E-state index >= 15 is 0 Å². The van der Waals surface area contributed by atoms with Crippen molar-refractivity contribution >= 4 is 17.7 Å². The molecule has 1 aliphatic rings. The molecule has 1 aliphatic carbocycles. The lowest BCUT2D eigenvalue weighted by Gasteiger charge is -2.25. The van der Waals surface area contributed by atoms with Gasteiger partial charge in [-0.3, -0.25) is 4.79 Å². The molecule has 7 heteroatoms. The van der Waals surface area contributed by atoms with E-state index in [-0.39, 0.29) is 23.7 Å².